The maximum absolute atomic E-state index is 10.5. The fourth-order valence-electron chi connectivity index (χ4n) is 1.10. The standard InChI is InChI=1S/C9H12N4O2/c1-6-5-7(13(14)15)3-4-8(6)12-9(10)11-2/h3-5H,1-2H3,(H3,10,11,12). The molecule has 0 amide bonds. The van der Waals surface area contributed by atoms with Gasteiger partial charge in [0.05, 0.1) is 4.92 Å². The van der Waals surface area contributed by atoms with Crippen LogP contribution < -0.4 is 11.1 Å². The molecule has 0 unspecified atom stereocenters. The molecule has 1 aromatic carbocycles. The lowest BCUT2D eigenvalue weighted by Crippen LogP contribution is -2.22. The zero-order valence-electron chi connectivity index (χ0n) is 8.52. The van der Waals surface area contributed by atoms with Gasteiger partial charge in [0, 0.05) is 24.9 Å². The number of nitro benzene ring substituents is 1. The first-order chi connectivity index (χ1) is 7.04. The molecule has 6 heteroatoms. The number of nitrogens with two attached hydrogens (primary N) is 1. The van der Waals surface area contributed by atoms with E-state index >= 15 is 0 Å². The predicted molar refractivity (Wildman–Crippen MR) is 59.0 cm³/mol. The summed E-state index contributed by atoms with van der Waals surface area (Å²) in [5.41, 5.74) is 6.99. The van der Waals surface area contributed by atoms with Crippen molar-refractivity contribution in [1.82, 2.24) is 0 Å². The number of nitrogens with one attached hydrogen (secondary N) is 1. The van der Waals surface area contributed by atoms with Crippen molar-refractivity contribution in [1.29, 1.82) is 0 Å². The quantitative estimate of drug-likeness (QED) is 0.331. The van der Waals surface area contributed by atoms with Crippen LogP contribution in [0.15, 0.2) is 23.2 Å². The first-order valence-corrected chi connectivity index (χ1v) is 4.29. The van der Waals surface area contributed by atoms with Crippen molar-refractivity contribution in [2.75, 3.05) is 12.4 Å². The lowest BCUT2D eigenvalue weighted by molar-refractivity contribution is -0.384. The fourth-order valence-corrected chi connectivity index (χ4v) is 1.10. The third kappa shape index (κ3) is 2.67. The van der Waals surface area contributed by atoms with Gasteiger partial charge in [-0.3, -0.25) is 15.1 Å². The van der Waals surface area contributed by atoms with Crippen molar-refractivity contribution in [2.45, 2.75) is 6.92 Å². The summed E-state index contributed by atoms with van der Waals surface area (Å²) in [4.78, 5) is 13.8. The van der Waals surface area contributed by atoms with E-state index in [0.717, 1.165) is 5.56 Å². The Morgan fingerprint density at radius 3 is 2.73 bits per heavy atom. The van der Waals surface area contributed by atoms with Crippen molar-refractivity contribution in [3.05, 3.63) is 33.9 Å². The number of guanidine groups is 1. The number of non-ortho nitro benzene ring substituents is 1. The molecule has 0 atom stereocenters. The Morgan fingerprint density at radius 1 is 1.60 bits per heavy atom. The summed E-state index contributed by atoms with van der Waals surface area (Å²) in [7, 11) is 1.56. The van der Waals surface area contributed by atoms with Crippen LogP contribution in [0.1, 0.15) is 5.56 Å². The summed E-state index contributed by atoms with van der Waals surface area (Å²) < 4.78 is 0. The zero-order chi connectivity index (χ0) is 11.4. The van der Waals surface area contributed by atoms with Gasteiger partial charge < -0.3 is 11.1 Å². The van der Waals surface area contributed by atoms with E-state index in [1.54, 1.807) is 20.0 Å². The first-order valence-electron chi connectivity index (χ1n) is 4.29. The molecule has 1 rings (SSSR count). The number of aliphatic imine (C=N–C) groups is 1. The minimum absolute atomic E-state index is 0.0602. The minimum atomic E-state index is -0.436. The van der Waals surface area contributed by atoms with E-state index in [4.69, 9.17) is 5.73 Å². The monoisotopic (exact) mass is 208 g/mol. The average Bonchev–Trinajstić information content (AvgIpc) is 2.20. The summed E-state index contributed by atoms with van der Waals surface area (Å²) in [5, 5.41) is 13.3. The van der Waals surface area contributed by atoms with Crippen molar-refractivity contribution in [3.8, 4) is 0 Å². The Balaban J connectivity index is 2.98. The summed E-state index contributed by atoms with van der Waals surface area (Å²) >= 11 is 0. The molecule has 6 nitrogen and oxygen atoms in total. The van der Waals surface area contributed by atoms with Crippen LogP contribution in [0.2, 0.25) is 0 Å². The van der Waals surface area contributed by atoms with E-state index in [9.17, 15) is 10.1 Å². The summed E-state index contributed by atoms with van der Waals surface area (Å²) in [5.74, 6) is 0.270. The molecule has 15 heavy (non-hydrogen) atoms. The molecule has 3 N–H and O–H groups in total. The molecule has 0 spiro atoms. The highest BCUT2D eigenvalue weighted by Crippen LogP contribution is 2.20. The van der Waals surface area contributed by atoms with Crippen molar-refractivity contribution in [3.63, 3.8) is 0 Å². The van der Waals surface area contributed by atoms with Gasteiger partial charge in [0.25, 0.3) is 5.69 Å². The first kappa shape index (κ1) is 11.0. The van der Waals surface area contributed by atoms with Crippen LogP contribution in [-0.4, -0.2) is 17.9 Å². The number of anilines is 1. The number of hydrogen-bond donors (Lipinski definition) is 2. The highest BCUT2D eigenvalue weighted by Gasteiger charge is 2.07. The van der Waals surface area contributed by atoms with Gasteiger partial charge in [0.2, 0.25) is 0 Å². The van der Waals surface area contributed by atoms with Gasteiger partial charge in [0.1, 0.15) is 0 Å². The van der Waals surface area contributed by atoms with Crippen molar-refractivity contribution in [2.24, 2.45) is 10.7 Å². The normalized spacial score (nSPS) is 11.2. The largest absolute Gasteiger partial charge is 0.370 e. The lowest BCUT2D eigenvalue weighted by atomic mass is 10.2. The van der Waals surface area contributed by atoms with E-state index in [2.05, 4.69) is 10.3 Å². The number of benzene rings is 1. The molecule has 0 bridgehead atoms. The molecular weight excluding hydrogens is 196 g/mol. The third-order valence-corrected chi connectivity index (χ3v) is 1.92. The van der Waals surface area contributed by atoms with Gasteiger partial charge in [-0.05, 0) is 18.6 Å². The van der Waals surface area contributed by atoms with Crippen LogP contribution in [-0.2, 0) is 0 Å². The number of hydrogen-bond acceptors (Lipinski definition) is 3. The van der Waals surface area contributed by atoms with E-state index in [1.807, 2.05) is 0 Å². The van der Waals surface area contributed by atoms with Crippen LogP contribution in [0.25, 0.3) is 0 Å². The Bertz CT molecular complexity index is 415. The SMILES string of the molecule is CN=C(N)Nc1ccc([N+](=O)[O-])cc1C. The number of rotatable bonds is 2. The molecule has 0 saturated heterocycles. The second-order valence-electron chi connectivity index (χ2n) is 2.99. The second kappa shape index (κ2) is 4.41. The summed E-state index contributed by atoms with van der Waals surface area (Å²) in [6.45, 7) is 1.76. The van der Waals surface area contributed by atoms with Crippen molar-refractivity contribution < 1.29 is 4.92 Å². The number of aryl methyl sites for hydroxylation is 1. The Hall–Kier alpha value is -2.11. The van der Waals surface area contributed by atoms with Gasteiger partial charge in [-0.15, -0.1) is 0 Å². The maximum Gasteiger partial charge on any atom is 0.269 e. The smallest absolute Gasteiger partial charge is 0.269 e. The van der Waals surface area contributed by atoms with Crippen LogP contribution in [0.3, 0.4) is 0 Å². The van der Waals surface area contributed by atoms with Gasteiger partial charge in [-0.1, -0.05) is 0 Å². The van der Waals surface area contributed by atoms with E-state index in [-0.39, 0.29) is 11.6 Å². The zero-order valence-corrected chi connectivity index (χ0v) is 8.52. The molecule has 0 heterocycles. The Kier molecular flexibility index (Phi) is 3.22. The van der Waals surface area contributed by atoms with Crippen LogP contribution in [0, 0.1) is 17.0 Å². The Morgan fingerprint density at radius 2 is 2.27 bits per heavy atom. The summed E-state index contributed by atoms with van der Waals surface area (Å²) in [6, 6.07) is 4.50. The number of nitrogens with zero attached hydrogens (tertiary/aromatic N) is 2. The van der Waals surface area contributed by atoms with Gasteiger partial charge >= 0.3 is 0 Å². The third-order valence-electron chi connectivity index (χ3n) is 1.92. The van der Waals surface area contributed by atoms with Gasteiger partial charge in [0.15, 0.2) is 5.96 Å². The molecule has 0 aliphatic carbocycles. The molecule has 0 fully saturated rings. The molecule has 0 radical (unpaired) electrons. The molecule has 80 valence electrons. The molecule has 0 saturated carbocycles. The topological polar surface area (TPSA) is 93.5 Å². The molecule has 0 aliphatic heterocycles. The van der Waals surface area contributed by atoms with E-state index in [0.29, 0.717) is 5.69 Å². The molecule has 0 aromatic heterocycles. The average molecular weight is 208 g/mol. The molecular formula is C9H12N4O2. The van der Waals surface area contributed by atoms with E-state index in [1.165, 1.54) is 12.1 Å². The Labute approximate surface area is 87.0 Å². The van der Waals surface area contributed by atoms with Crippen LogP contribution in [0.5, 0.6) is 0 Å². The maximum atomic E-state index is 10.5. The van der Waals surface area contributed by atoms with Crippen LogP contribution in [0.4, 0.5) is 11.4 Å². The highest BCUT2D eigenvalue weighted by atomic mass is 16.6. The fraction of sp³-hybridized carbons (Fsp3) is 0.222. The van der Waals surface area contributed by atoms with E-state index < -0.39 is 4.92 Å². The van der Waals surface area contributed by atoms with Crippen LogP contribution >= 0.6 is 0 Å². The molecule has 0 aliphatic rings. The van der Waals surface area contributed by atoms with Gasteiger partial charge in [-0.25, -0.2) is 0 Å². The predicted octanol–water partition coefficient (Wildman–Crippen LogP) is 1.26. The minimum Gasteiger partial charge on any atom is -0.370 e. The summed E-state index contributed by atoms with van der Waals surface area (Å²) in [6.07, 6.45) is 0. The second-order valence-corrected chi connectivity index (χ2v) is 2.99. The lowest BCUT2D eigenvalue weighted by Gasteiger charge is -2.07. The highest BCUT2D eigenvalue weighted by molar-refractivity contribution is 5.92. The van der Waals surface area contributed by atoms with Crippen molar-refractivity contribution >= 4 is 17.3 Å². The molecule has 1 aromatic rings. The van der Waals surface area contributed by atoms with Gasteiger partial charge in [-0.2, -0.15) is 0 Å². The number of nitro groups is 1.